The minimum absolute atomic E-state index is 0.289. The van der Waals surface area contributed by atoms with Crippen molar-refractivity contribution in [3.8, 4) is 11.7 Å². The predicted octanol–water partition coefficient (Wildman–Crippen LogP) is 3.57. The first-order valence-corrected chi connectivity index (χ1v) is 11.2. The van der Waals surface area contributed by atoms with Crippen LogP contribution in [0, 0.1) is 34.6 Å². The van der Waals surface area contributed by atoms with Gasteiger partial charge in [0.2, 0.25) is 0 Å². The normalized spacial score (nSPS) is 10.8. The van der Waals surface area contributed by atoms with Crippen LogP contribution < -0.4 is 10.1 Å². The fourth-order valence-corrected chi connectivity index (χ4v) is 3.49. The van der Waals surface area contributed by atoms with Crippen LogP contribution in [0.15, 0.2) is 40.9 Å². The van der Waals surface area contributed by atoms with Crippen molar-refractivity contribution in [3.05, 3.63) is 76.1 Å². The monoisotopic (exact) mass is 490 g/mol. The Hall–Kier alpha value is -4.54. The number of esters is 1. The molecule has 1 aromatic carbocycles. The van der Waals surface area contributed by atoms with Gasteiger partial charge >= 0.3 is 5.97 Å². The summed E-state index contributed by atoms with van der Waals surface area (Å²) in [4.78, 5) is 33.6. The van der Waals surface area contributed by atoms with E-state index < -0.39 is 18.5 Å². The van der Waals surface area contributed by atoms with E-state index in [2.05, 4.69) is 25.5 Å². The molecule has 0 aliphatic heterocycles. The highest BCUT2D eigenvalue weighted by Crippen LogP contribution is 2.19. The van der Waals surface area contributed by atoms with E-state index in [4.69, 9.17) is 14.0 Å². The number of amides is 1. The lowest BCUT2D eigenvalue weighted by molar-refractivity contribution is -0.119. The van der Waals surface area contributed by atoms with Crippen molar-refractivity contribution >= 4 is 17.7 Å². The first-order chi connectivity index (χ1) is 17.2. The zero-order chi connectivity index (χ0) is 25.8. The number of carbonyl (C=O) groups excluding carboxylic acids is 2. The summed E-state index contributed by atoms with van der Waals surface area (Å²) < 4.78 is 17.5. The van der Waals surface area contributed by atoms with E-state index in [-0.39, 0.29) is 5.56 Å². The second-order valence-electron chi connectivity index (χ2n) is 8.27. The number of aromatic nitrogens is 5. The molecule has 11 nitrogen and oxygen atoms in total. The van der Waals surface area contributed by atoms with Crippen LogP contribution in [-0.2, 0) is 16.1 Å². The van der Waals surface area contributed by atoms with E-state index in [0.29, 0.717) is 35.6 Å². The molecular formula is C25H26N6O5. The van der Waals surface area contributed by atoms with Gasteiger partial charge in [-0.2, -0.15) is 9.78 Å². The smallest absolute Gasteiger partial charge is 0.338 e. The van der Waals surface area contributed by atoms with Crippen LogP contribution in [0.25, 0.3) is 5.95 Å². The van der Waals surface area contributed by atoms with Crippen LogP contribution in [0.5, 0.6) is 5.75 Å². The van der Waals surface area contributed by atoms with Crippen LogP contribution in [0.1, 0.15) is 44.5 Å². The van der Waals surface area contributed by atoms with Crippen molar-refractivity contribution in [1.82, 2.24) is 24.9 Å². The van der Waals surface area contributed by atoms with Crippen molar-refractivity contribution in [2.75, 3.05) is 11.9 Å². The van der Waals surface area contributed by atoms with Crippen molar-refractivity contribution in [2.24, 2.45) is 0 Å². The number of anilines is 1. The number of nitrogens with one attached hydrogen (secondary N) is 1. The third-order valence-corrected chi connectivity index (χ3v) is 5.25. The highest BCUT2D eigenvalue weighted by Gasteiger charge is 2.16. The van der Waals surface area contributed by atoms with Gasteiger partial charge in [-0.1, -0.05) is 5.16 Å². The molecular weight excluding hydrogens is 464 g/mol. The summed E-state index contributed by atoms with van der Waals surface area (Å²) in [6.45, 7) is 8.98. The van der Waals surface area contributed by atoms with Crippen LogP contribution in [0.2, 0.25) is 0 Å². The Balaban J connectivity index is 1.33. The third-order valence-electron chi connectivity index (χ3n) is 5.25. The summed E-state index contributed by atoms with van der Waals surface area (Å²) in [6, 6.07) is 9.97. The molecule has 11 heteroatoms. The van der Waals surface area contributed by atoms with E-state index in [1.165, 1.54) is 4.68 Å². The second kappa shape index (κ2) is 10.4. The molecule has 0 aliphatic rings. The van der Waals surface area contributed by atoms with Gasteiger partial charge in [0, 0.05) is 17.5 Å². The number of carbonyl (C=O) groups is 2. The first kappa shape index (κ1) is 24.6. The van der Waals surface area contributed by atoms with Gasteiger partial charge in [-0.3, -0.25) is 4.79 Å². The molecule has 0 radical (unpaired) electrons. The van der Waals surface area contributed by atoms with E-state index in [1.807, 2.05) is 33.8 Å². The zero-order valence-corrected chi connectivity index (χ0v) is 20.7. The van der Waals surface area contributed by atoms with Crippen molar-refractivity contribution < 1.29 is 23.6 Å². The molecule has 0 saturated carbocycles. The second-order valence-corrected chi connectivity index (χ2v) is 8.27. The maximum Gasteiger partial charge on any atom is 0.338 e. The molecule has 0 unspecified atom stereocenters. The average Bonchev–Trinajstić information content (AvgIpc) is 3.36. The quantitative estimate of drug-likeness (QED) is 0.368. The van der Waals surface area contributed by atoms with Gasteiger partial charge in [0.15, 0.2) is 6.61 Å². The minimum atomic E-state index is -0.634. The molecule has 4 aromatic rings. The fraction of sp³-hybridized carbons (Fsp3) is 0.280. The lowest BCUT2D eigenvalue weighted by Crippen LogP contribution is -2.22. The number of rotatable bonds is 8. The number of hydrogen-bond donors (Lipinski definition) is 1. The minimum Gasteiger partial charge on any atom is -0.489 e. The molecule has 0 aliphatic carbocycles. The summed E-state index contributed by atoms with van der Waals surface area (Å²) in [6.07, 6.45) is 0. The summed E-state index contributed by atoms with van der Waals surface area (Å²) in [7, 11) is 0. The van der Waals surface area contributed by atoms with Crippen molar-refractivity contribution in [2.45, 2.75) is 41.2 Å². The average molecular weight is 491 g/mol. The molecule has 186 valence electrons. The highest BCUT2D eigenvalue weighted by molar-refractivity contribution is 5.95. The summed E-state index contributed by atoms with van der Waals surface area (Å²) >= 11 is 0. The lowest BCUT2D eigenvalue weighted by atomic mass is 10.2. The van der Waals surface area contributed by atoms with Crippen LogP contribution in [0.3, 0.4) is 0 Å². The highest BCUT2D eigenvalue weighted by atomic mass is 16.5. The van der Waals surface area contributed by atoms with E-state index in [0.717, 1.165) is 22.6 Å². The molecule has 0 saturated heterocycles. The van der Waals surface area contributed by atoms with Crippen LogP contribution in [0.4, 0.5) is 5.82 Å². The van der Waals surface area contributed by atoms with Gasteiger partial charge in [0.25, 0.3) is 11.9 Å². The van der Waals surface area contributed by atoms with E-state index >= 15 is 0 Å². The fourth-order valence-electron chi connectivity index (χ4n) is 3.49. The number of ether oxygens (including phenoxy) is 2. The lowest BCUT2D eigenvalue weighted by Gasteiger charge is -2.10. The third kappa shape index (κ3) is 5.74. The van der Waals surface area contributed by atoms with Crippen LogP contribution in [-0.4, -0.2) is 43.4 Å². The van der Waals surface area contributed by atoms with Crippen molar-refractivity contribution in [3.63, 3.8) is 0 Å². The number of aryl methyl sites for hydroxylation is 5. The largest absolute Gasteiger partial charge is 0.489 e. The first-order valence-electron chi connectivity index (χ1n) is 11.2. The van der Waals surface area contributed by atoms with Gasteiger partial charge in [-0.05, 0) is 65.0 Å². The van der Waals surface area contributed by atoms with Gasteiger partial charge in [-0.25, -0.2) is 14.8 Å². The Kier molecular flexibility index (Phi) is 7.09. The standard InChI is InChI=1S/C25H26N6O5/c1-14-10-15(2)27-25(26-14)31-22(11-16(3)29-31)28-23(32)13-35-24(33)19-6-8-20(9-7-19)34-12-21-17(4)30-36-18(21)5/h6-11H,12-13H2,1-5H3,(H,28,32). The van der Waals surface area contributed by atoms with E-state index in [1.54, 1.807) is 37.3 Å². The Morgan fingerprint density at radius 1 is 0.972 bits per heavy atom. The molecule has 0 bridgehead atoms. The number of benzene rings is 1. The molecule has 0 fully saturated rings. The zero-order valence-electron chi connectivity index (χ0n) is 20.7. The molecule has 1 N–H and O–H groups in total. The number of nitrogens with zero attached hydrogens (tertiary/aromatic N) is 5. The molecule has 36 heavy (non-hydrogen) atoms. The van der Waals surface area contributed by atoms with Gasteiger partial charge < -0.3 is 19.3 Å². The molecule has 3 aromatic heterocycles. The molecule has 3 heterocycles. The van der Waals surface area contributed by atoms with Gasteiger partial charge in [0.1, 0.15) is 23.9 Å². The van der Waals surface area contributed by atoms with Gasteiger partial charge in [0.05, 0.1) is 22.5 Å². The van der Waals surface area contributed by atoms with Crippen molar-refractivity contribution in [1.29, 1.82) is 0 Å². The topological polar surface area (TPSA) is 134 Å². The SMILES string of the molecule is Cc1cc(C)nc(-n2nc(C)cc2NC(=O)COC(=O)c2ccc(OCc3c(C)noc3C)cc2)n1. The maximum atomic E-state index is 12.5. The predicted molar refractivity (Wildman–Crippen MR) is 129 cm³/mol. The Morgan fingerprint density at radius 2 is 1.67 bits per heavy atom. The number of hydrogen-bond acceptors (Lipinski definition) is 9. The van der Waals surface area contributed by atoms with Gasteiger partial charge in [-0.15, -0.1) is 0 Å². The Bertz CT molecular complexity index is 1370. The van der Waals surface area contributed by atoms with Crippen LogP contribution >= 0.6 is 0 Å². The molecule has 0 atom stereocenters. The Morgan fingerprint density at radius 3 is 2.31 bits per heavy atom. The van der Waals surface area contributed by atoms with E-state index in [9.17, 15) is 9.59 Å². The molecule has 4 rings (SSSR count). The maximum absolute atomic E-state index is 12.5. The molecule has 1 amide bonds. The molecule has 0 spiro atoms. The summed E-state index contributed by atoms with van der Waals surface area (Å²) in [5, 5.41) is 10.9. The summed E-state index contributed by atoms with van der Waals surface area (Å²) in [5.74, 6) is 0.827. The Labute approximate surface area is 207 Å². The summed E-state index contributed by atoms with van der Waals surface area (Å²) in [5.41, 5.74) is 4.16.